The van der Waals surface area contributed by atoms with Crippen molar-refractivity contribution in [3.05, 3.63) is 44.6 Å². The number of rotatable bonds is 4. The van der Waals surface area contributed by atoms with Crippen LogP contribution >= 0.6 is 39.1 Å². The molecule has 1 heterocycles. The summed E-state index contributed by atoms with van der Waals surface area (Å²) in [7, 11) is 0. The fraction of sp³-hybridized carbons (Fsp3) is 0.357. The molecule has 0 aliphatic rings. The monoisotopic (exact) mass is 360 g/mol. The molecule has 0 fully saturated rings. The van der Waals surface area contributed by atoms with Crippen molar-refractivity contribution in [1.82, 2.24) is 9.78 Å². The van der Waals surface area contributed by atoms with Crippen LogP contribution in [0, 0.1) is 6.92 Å². The summed E-state index contributed by atoms with van der Waals surface area (Å²) >= 11 is 15.9. The van der Waals surface area contributed by atoms with Gasteiger partial charge in [0.2, 0.25) is 0 Å². The fourth-order valence-electron chi connectivity index (χ4n) is 2.06. The first-order valence-corrected chi connectivity index (χ1v) is 7.87. The topological polar surface area (TPSA) is 17.8 Å². The quantitative estimate of drug-likeness (QED) is 0.676. The van der Waals surface area contributed by atoms with Crippen molar-refractivity contribution in [3.8, 4) is 5.69 Å². The molecule has 0 saturated heterocycles. The van der Waals surface area contributed by atoms with Gasteiger partial charge in [-0.1, -0.05) is 40.9 Å². The third-order valence-corrected chi connectivity index (χ3v) is 4.16. The van der Waals surface area contributed by atoms with Crippen LogP contribution in [0.1, 0.15) is 30.2 Å². The predicted molar refractivity (Wildman–Crippen MR) is 84.6 cm³/mol. The molecule has 0 unspecified atom stereocenters. The Hall–Kier alpha value is -0.510. The summed E-state index contributed by atoms with van der Waals surface area (Å²) in [4.78, 5) is 0. The average molecular weight is 362 g/mol. The highest BCUT2D eigenvalue weighted by molar-refractivity contribution is 9.10. The molecule has 0 amide bonds. The largest absolute Gasteiger partial charge is 0.221 e. The number of alkyl halides is 1. The van der Waals surface area contributed by atoms with Gasteiger partial charge < -0.3 is 0 Å². The molecule has 0 aliphatic carbocycles. The van der Waals surface area contributed by atoms with Crippen LogP contribution in [0.3, 0.4) is 0 Å². The van der Waals surface area contributed by atoms with Crippen molar-refractivity contribution in [2.24, 2.45) is 0 Å². The van der Waals surface area contributed by atoms with E-state index in [1.165, 1.54) is 0 Å². The molecule has 2 aromatic rings. The minimum atomic E-state index is 0.393. The van der Waals surface area contributed by atoms with Gasteiger partial charge in [0, 0.05) is 10.0 Å². The van der Waals surface area contributed by atoms with E-state index in [0.29, 0.717) is 11.0 Å². The summed E-state index contributed by atoms with van der Waals surface area (Å²) in [6.45, 7) is 4.16. The maximum atomic E-state index is 6.42. The molecule has 0 N–H and O–H groups in total. The molecule has 0 spiro atoms. The van der Waals surface area contributed by atoms with Crippen molar-refractivity contribution in [2.45, 2.75) is 32.6 Å². The van der Waals surface area contributed by atoms with Crippen LogP contribution in [0.5, 0.6) is 0 Å². The minimum Gasteiger partial charge on any atom is -0.221 e. The molecule has 2 nitrogen and oxygen atoms in total. The van der Waals surface area contributed by atoms with Crippen LogP contribution in [-0.2, 0) is 12.3 Å². The van der Waals surface area contributed by atoms with E-state index in [1.54, 1.807) is 4.68 Å². The summed E-state index contributed by atoms with van der Waals surface area (Å²) < 4.78 is 2.83. The van der Waals surface area contributed by atoms with Gasteiger partial charge in [0.15, 0.2) is 0 Å². The molecule has 1 aromatic carbocycles. The van der Waals surface area contributed by atoms with Crippen LogP contribution in [0.15, 0.2) is 22.7 Å². The summed E-state index contributed by atoms with van der Waals surface area (Å²) in [5.74, 6) is 0.393. The van der Waals surface area contributed by atoms with Gasteiger partial charge in [0.1, 0.15) is 5.15 Å². The van der Waals surface area contributed by atoms with Crippen LogP contribution in [0.2, 0.25) is 5.15 Å². The number of benzene rings is 1. The maximum absolute atomic E-state index is 6.42. The van der Waals surface area contributed by atoms with Gasteiger partial charge in [-0.3, -0.25) is 0 Å². The molecule has 102 valence electrons. The van der Waals surface area contributed by atoms with E-state index in [1.807, 2.05) is 25.1 Å². The average Bonchev–Trinajstić information content (AvgIpc) is 2.66. The van der Waals surface area contributed by atoms with Crippen LogP contribution in [-0.4, -0.2) is 9.78 Å². The first-order valence-electron chi connectivity index (χ1n) is 6.17. The summed E-state index contributed by atoms with van der Waals surface area (Å²) in [6.07, 6.45) is 1.92. The number of nitrogens with zero attached hydrogens (tertiary/aromatic N) is 2. The highest BCUT2D eigenvalue weighted by Crippen LogP contribution is 2.28. The van der Waals surface area contributed by atoms with E-state index >= 15 is 0 Å². The van der Waals surface area contributed by atoms with E-state index in [9.17, 15) is 0 Å². The van der Waals surface area contributed by atoms with Gasteiger partial charge in [-0.25, -0.2) is 4.68 Å². The van der Waals surface area contributed by atoms with Crippen LogP contribution < -0.4 is 0 Å². The maximum Gasteiger partial charge on any atom is 0.137 e. The first kappa shape index (κ1) is 14.9. The Morgan fingerprint density at radius 2 is 2.11 bits per heavy atom. The van der Waals surface area contributed by atoms with E-state index < -0.39 is 0 Å². The number of halogens is 3. The van der Waals surface area contributed by atoms with E-state index in [4.69, 9.17) is 23.2 Å². The van der Waals surface area contributed by atoms with Crippen molar-refractivity contribution < 1.29 is 0 Å². The molecule has 0 aliphatic heterocycles. The number of aryl methyl sites for hydroxylation is 2. The Labute approximate surface area is 131 Å². The highest BCUT2D eigenvalue weighted by atomic mass is 79.9. The second kappa shape index (κ2) is 6.29. The van der Waals surface area contributed by atoms with E-state index in [2.05, 4.69) is 28.0 Å². The number of aromatic nitrogens is 2. The zero-order chi connectivity index (χ0) is 14.0. The standard InChI is InChI=1S/C14H15BrCl2N2/c1-3-4-12-11(8-16)14(17)19(18-12)13-6-5-10(15)7-9(13)2/h5-7H,3-4,8H2,1-2H3. The van der Waals surface area contributed by atoms with E-state index in [-0.39, 0.29) is 0 Å². The highest BCUT2D eigenvalue weighted by Gasteiger charge is 2.17. The van der Waals surface area contributed by atoms with Crippen molar-refractivity contribution in [1.29, 1.82) is 0 Å². The Balaban J connectivity index is 2.56. The number of hydrogen-bond acceptors (Lipinski definition) is 1. The molecule has 0 saturated carbocycles. The summed E-state index contributed by atoms with van der Waals surface area (Å²) in [5, 5.41) is 5.23. The molecule has 19 heavy (non-hydrogen) atoms. The van der Waals surface area contributed by atoms with Gasteiger partial charge in [-0.15, -0.1) is 11.6 Å². The predicted octanol–water partition coefficient (Wildman–Crippen LogP) is 5.29. The molecule has 0 radical (unpaired) electrons. The lowest BCUT2D eigenvalue weighted by Gasteiger charge is -2.07. The molecule has 5 heteroatoms. The SMILES string of the molecule is CCCc1nn(-c2ccc(Br)cc2C)c(Cl)c1CCl. The van der Waals surface area contributed by atoms with Crippen LogP contribution in [0.4, 0.5) is 0 Å². The number of hydrogen-bond donors (Lipinski definition) is 0. The Kier molecular flexibility index (Phi) is 4.93. The van der Waals surface area contributed by atoms with Crippen molar-refractivity contribution in [3.63, 3.8) is 0 Å². The fourth-order valence-corrected chi connectivity index (χ4v) is 3.19. The van der Waals surface area contributed by atoms with E-state index in [0.717, 1.165) is 39.8 Å². The zero-order valence-electron chi connectivity index (χ0n) is 10.9. The third-order valence-electron chi connectivity index (χ3n) is 3.01. The first-order chi connectivity index (χ1) is 9.08. The van der Waals surface area contributed by atoms with Gasteiger partial charge in [-0.2, -0.15) is 5.10 Å². The normalized spacial score (nSPS) is 11.0. The lowest BCUT2D eigenvalue weighted by atomic mass is 10.2. The molecule has 0 bridgehead atoms. The third kappa shape index (κ3) is 2.99. The van der Waals surface area contributed by atoms with Gasteiger partial charge in [0.05, 0.1) is 17.3 Å². The van der Waals surface area contributed by atoms with Crippen molar-refractivity contribution >= 4 is 39.1 Å². The summed E-state index contributed by atoms with van der Waals surface area (Å²) in [6, 6.07) is 6.04. The summed E-state index contributed by atoms with van der Waals surface area (Å²) in [5.41, 5.74) is 4.03. The second-order valence-corrected chi connectivity index (χ2v) is 5.98. The molecular formula is C14H15BrCl2N2. The smallest absolute Gasteiger partial charge is 0.137 e. The van der Waals surface area contributed by atoms with Gasteiger partial charge in [0.25, 0.3) is 0 Å². The molecule has 2 rings (SSSR count). The molecular weight excluding hydrogens is 347 g/mol. The van der Waals surface area contributed by atoms with Gasteiger partial charge >= 0.3 is 0 Å². The van der Waals surface area contributed by atoms with Crippen molar-refractivity contribution in [2.75, 3.05) is 0 Å². The zero-order valence-corrected chi connectivity index (χ0v) is 14.0. The lowest BCUT2D eigenvalue weighted by molar-refractivity contribution is 0.802. The Bertz CT molecular complexity index is 593. The Morgan fingerprint density at radius 1 is 1.37 bits per heavy atom. The Morgan fingerprint density at radius 3 is 2.68 bits per heavy atom. The molecule has 0 atom stereocenters. The second-order valence-electron chi connectivity index (χ2n) is 4.44. The van der Waals surface area contributed by atoms with Crippen LogP contribution in [0.25, 0.3) is 5.69 Å². The van der Waals surface area contributed by atoms with Gasteiger partial charge in [-0.05, 0) is 37.1 Å². The molecule has 1 aromatic heterocycles. The lowest BCUT2D eigenvalue weighted by Crippen LogP contribution is -2.00. The minimum absolute atomic E-state index is 0.393.